The van der Waals surface area contributed by atoms with Gasteiger partial charge in [0, 0.05) is 31.5 Å². The van der Waals surface area contributed by atoms with E-state index in [-0.39, 0.29) is 5.91 Å². The van der Waals surface area contributed by atoms with E-state index in [1.165, 1.54) is 0 Å². The molecule has 0 saturated heterocycles. The largest absolute Gasteiger partial charge is 0.357 e. The number of benzene rings is 1. The van der Waals surface area contributed by atoms with E-state index in [9.17, 15) is 4.79 Å². The lowest BCUT2D eigenvalue weighted by Gasteiger charge is -2.11. The van der Waals surface area contributed by atoms with Crippen LogP contribution in [0.25, 0.3) is 0 Å². The Morgan fingerprint density at radius 1 is 1.32 bits per heavy atom. The molecule has 0 heterocycles. The van der Waals surface area contributed by atoms with Gasteiger partial charge in [-0.25, -0.2) is 0 Å². The Balaban J connectivity index is 2.50. The van der Waals surface area contributed by atoms with Crippen LogP contribution in [0.3, 0.4) is 0 Å². The molecule has 0 aliphatic rings. The Labute approximate surface area is 137 Å². The molecule has 1 amide bonds. The number of hydrogen-bond donors (Lipinski definition) is 3. The second-order valence-corrected chi connectivity index (χ2v) is 5.70. The van der Waals surface area contributed by atoms with E-state index in [0.29, 0.717) is 5.56 Å². The highest BCUT2D eigenvalue weighted by molar-refractivity contribution is 7.98. The van der Waals surface area contributed by atoms with Gasteiger partial charge in [-0.15, -0.1) is 0 Å². The van der Waals surface area contributed by atoms with Crippen molar-refractivity contribution in [2.24, 2.45) is 4.99 Å². The molecule has 0 bridgehead atoms. The fourth-order valence-corrected chi connectivity index (χ4v) is 2.20. The van der Waals surface area contributed by atoms with E-state index in [0.717, 1.165) is 43.3 Å². The van der Waals surface area contributed by atoms with Gasteiger partial charge in [-0.3, -0.25) is 9.79 Å². The predicted octanol–water partition coefficient (Wildman–Crippen LogP) is 1.51. The number of guanidine groups is 1. The maximum Gasteiger partial charge on any atom is 0.251 e. The molecule has 0 aromatic heterocycles. The number of amides is 1. The van der Waals surface area contributed by atoms with Crippen LogP contribution in [0, 0.1) is 0 Å². The number of nitrogens with zero attached hydrogens (tertiary/aromatic N) is 1. The highest BCUT2D eigenvalue weighted by Crippen LogP contribution is 2.05. The van der Waals surface area contributed by atoms with Gasteiger partial charge in [-0.2, -0.15) is 11.8 Å². The molecule has 0 radical (unpaired) electrons. The van der Waals surface area contributed by atoms with Gasteiger partial charge in [0.1, 0.15) is 0 Å². The summed E-state index contributed by atoms with van der Waals surface area (Å²) in [6.07, 6.45) is 2.92. The van der Waals surface area contributed by atoms with Crippen LogP contribution in [0.4, 0.5) is 0 Å². The maximum absolute atomic E-state index is 11.6. The zero-order valence-corrected chi connectivity index (χ0v) is 14.4. The molecule has 1 aromatic rings. The predicted molar refractivity (Wildman–Crippen MR) is 95.9 cm³/mol. The normalized spacial score (nSPS) is 11.1. The Morgan fingerprint density at radius 2 is 2.14 bits per heavy atom. The third-order valence-electron chi connectivity index (χ3n) is 3.03. The summed E-state index contributed by atoms with van der Waals surface area (Å²) in [5, 5.41) is 9.19. The molecule has 0 aliphatic heterocycles. The van der Waals surface area contributed by atoms with Crippen molar-refractivity contribution in [3.63, 3.8) is 0 Å². The molecule has 0 aliphatic carbocycles. The monoisotopic (exact) mass is 322 g/mol. The van der Waals surface area contributed by atoms with Gasteiger partial charge in [0.2, 0.25) is 0 Å². The number of nitrogens with one attached hydrogen (secondary N) is 3. The van der Waals surface area contributed by atoms with Crippen molar-refractivity contribution in [3.8, 4) is 0 Å². The maximum atomic E-state index is 11.6. The number of rotatable bonds is 8. The molecule has 6 heteroatoms. The molecule has 1 aromatic carbocycles. The first-order valence-corrected chi connectivity index (χ1v) is 8.92. The summed E-state index contributed by atoms with van der Waals surface area (Å²) in [6.45, 7) is 4.49. The lowest BCUT2D eigenvalue weighted by atomic mass is 10.1. The Hall–Kier alpha value is -1.69. The zero-order chi connectivity index (χ0) is 16.2. The molecule has 1 rings (SSSR count). The van der Waals surface area contributed by atoms with E-state index in [1.807, 2.05) is 24.3 Å². The van der Waals surface area contributed by atoms with Crippen LogP contribution in [0.15, 0.2) is 29.3 Å². The Kier molecular flexibility index (Phi) is 9.14. The third-order valence-corrected chi connectivity index (χ3v) is 3.62. The van der Waals surface area contributed by atoms with Gasteiger partial charge in [0.05, 0.1) is 6.54 Å². The van der Waals surface area contributed by atoms with Crippen LogP contribution >= 0.6 is 11.8 Å². The summed E-state index contributed by atoms with van der Waals surface area (Å²) in [5.41, 5.74) is 1.83. The molecule has 0 spiro atoms. The van der Waals surface area contributed by atoms with Crippen LogP contribution in [0.5, 0.6) is 0 Å². The minimum atomic E-state index is -0.0539. The van der Waals surface area contributed by atoms with Crippen molar-refractivity contribution in [1.82, 2.24) is 16.0 Å². The highest BCUT2D eigenvalue weighted by Gasteiger charge is 2.04. The van der Waals surface area contributed by atoms with Crippen molar-refractivity contribution < 1.29 is 4.79 Å². The summed E-state index contributed by atoms with van der Waals surface area (Å²) in [5.74, 6) is 1.81. The van der Waals surface area contributed by atoms with Gasteiger partial charge < -0.3 is 16.0 Å². The highest BCUT2D eigenvalue weighted by atomic mass is 32.2. The van der Waals surface area contributed by atoms with Crippen molar-refractivity contribution in [2.75, 3.05) is 38.7 Å². The SMILES string of the molecule is CCNC(=NCCSC)NCCc1cccc(C(=O)NC)c1. The van der Waals surface area contributed by atoms with Gasteiger partial charge in [-0.05, 0) is 37.3 Å². The van der Waals surface area contributed by atoms with Crippen molar-refractivity contribution in [2.45, 2.75) is 13.3 Å². The molecule has 5 nitrogen and oxygen atoms in total. The van der Waals surface area contributed by atoms with Crippen molar-refractivity contribution in [1.29, 1.82) is 0 Å². The zero-order valence-electron chi connectivity index (χ0n) is 13.6. The Bertz CT molecular complexity index is 491. The summed E-state index contributed by atoms with van der Waals surface area (Å²) in [4.78, 5) is 16.1. The number of carbonyl (C=O) groups excluding carboxylic acids is 1. The van der Waals surface area contributed by atoms with E-state index in [2.05, 4.69) is 34.1 Å². The fraction of sp³-hybridized carbons (Fsp3) is 0.500. The van der Waals surface area contributed by atoms with Crippen molar-refractivity contribution in [3.05, 3.63) is 35.4 Å². The quantitative estimate of drug-likeness (QED) is 0.386. The van der Waals surface area contributed by atoms with E-state index >= 15 is 0 Å². The van der Waals surface area contributed by atoms with Crippen LogP contribution in [0.1, 0.15) is 22.8 Å². The Morgan fingerprint density at radius 3 is 2.82 bits per heavy atom. The van der Waals surface area contributed by atoms with E-state index < -0.39 is 0 Å². The number of aliphatic imine (C=N–C) groups is 1. The second-order valence-electron chi connectivity index (χ2n) is 4.71. The van der Waals surface area contributed by atoms with Crippen molar-refractivity contribution >= 4 is 23.6 Å². The second kappa shape index (κ2) is 11.0. The third kappa shape index (κ3) is 6.85. The fourth-order valence-electron chi connectivity index (χ4n) is 1.93. The lowest BCUT2D eigenvalue weighted by molar-refractivity contribution is 0.0963. The summed E-state index contributed by atoms with van der Waals surface area (Å²) >= 11 is 1.79. The first kappa shape index (κ1) is 18.4. The molecule has 0 saturated carbocycles. The molecular weight excluding hydrogens is 296 g/mol. The molecule has 0 unspecified atom stereocenters. The topological polar surface area (TPSA) is 65.5 Å². The smallest absolute Gasteiger partial charge is 0.251 e. The number of hydrogen-bond acceptors (Lipinski definition) is 3. The molecule has 0 atom stereocenters. The molecule has 3 N–H and O–H groups in total. The van der Waals surface area contributed by atoms with E-state index in [1.54, 1.807) is 18.8 Å². The van der Waals surface area contributed by atoms with Crippen LogP contribution in [-0.4, -0.2) is 50.6 Å². The van der Waals surface area contributed by atoms with Gasteiger partial charge in [0.25, 0.3) is 5.91 Å². The van der Waals surface area contributed by atoms with E-state index in [4.69, 9.17) is 0 Å². The molecule has 122 valence electrons. The standard InChI is InChI=1S/C16H26N4OS/c1-4-18-16(20-10-11-22-3)19-9-8-13-6-5-7-14(12-13)15(21)17-2/h5-7,12H,4,8-11H2,1-3H3,(H,17,21)(H2,18,19,20). The molecule has 22 heavy (non-hydrogen) atoms. The average molecular weight is 322 g/mol. The van der Waals surface area contributed by atoms with Crippen LogP contribution in [0.2, 0.25) is 0 Å². The minimum absolute atomic E-state index is 0.0539. The summed E-state index contributed by atoms with van der Waals surface area (Å²) in [7, 11) is 1.64. The van der Waals surface area contributed by atoms with Gasteiger partial charge >= 0.3 is 0 Å². The van der Waals surface area contributed by atoms with Crippen LogP contribution in [-0.2, 0) is 6.42 Å². The van der Waals surface area contributed by atoms with Crippen LogP contribution < -0.4 is 16.0 Å². The minimum Gasteiger partial charge on any atom is -0.357 e. The van der Waals surface area contributed by atoms with Gasteiger partial charge in [0.15, 0.2) is 5.96 Å². The average Bonchev–Trinajstić information content (AvgIpc) is 2.54. The van der Waals surface area contributed by atoms with Gasteiger partial charge in [-0.1, -0.05) is 12.1 Å². The number of thioether (sulfide) groups is 1. The first-order valence-electron chi connectivity index (χ1n) is 7.53. The molecular formula is C16H26N4OS. The summed E-state index contributed by atoms with van der Waals surface area (Å²) < 4.78 is 0. The molecule has 0 fully saturated rings. The summed E-state index contributed by atoms with van der Waals surface area (Å²) in [6, 6.07) is 7.70. The number of carbonyl (C=O) groups is 1. The first-order chi connectivity index (χ1) is 10.7. The lowest BCUT2D eigenvalue weighted by Crippen LogP contribution is -2.38.